The van der Waals surface area contributed by atoms with Crippen LogP contribution in [0.4, 0.5) is 0 Å². The van der Waals surface area contributed by atoms with Crippen LogP contribution in [-0.2, 0) is 26.4 Å². The predicted octanol–water partition coefficient (Wildman–Crippen LogP) is 2.46. The molecule has 2 aromatic carbocycles. The number of sulfonamides is 1. The zero-order chi connectivity index (χ0) is 21.2. The van der Waals surface area contributed by atoms with Crippen LogP contribution in [0.15, 0.2) is 52.3 Å². The largest absolute Gasteiger partial charge is 0.348 e. The van der Waals surface area contributed by atoms with Crippen LogP contribution in [0.2, 0.25) is 5.02 Å². The molecule has 1 heterocycles. The Hall–Kier alpha value is -1.94. The molecule has 0 aromatic heterocycles. The molecule has 29 heavy (non-hydrogen) atoms. The Balaban J connectivity index is 1.70. The molecule has 0 saturated carbocycles. The van der Waals surface area contributed by atoms with E-state index in [-0.39, 0.29) is 26.9 Å². The lowest BCUT2D eigenvalue weighted by Gasteiger charge is -2.15. The van der Waals surface area contributed by atoms with Crippen molar-refractivity contribution in [3.63, 3.8) is 0 Å². The highest BCUT2D eigenvalue weighted by molar-refractivity contribution is 7.90. The molecule has 1 saturated heterocycles. The van der Waals surface area contributed by atoms with E-state index in [2.05, 4.69) is 5.32 Å². The molecule has 0 aliphatic carbocycles. The van der Waals surface area contributed by atoms with Gasteiger partial charge in [0.05, 0.1) is 20.4 Å². The van der Waals surface area contributed by atoms with E-state index in [1.165, 1.54) is 34.6 Å². The Kier molecular flexibility index (Phi) is 6.33. The van der Waals surface area contributed by atoms with Crippen molar-refractivity contribution < 1.29 is 21.6 Å². The number of nitrogens with zero attached hydrogens (tertiary/aromatic N) is 1. The first-order valence-corrected chi connectivity index (χ1v) is 12.7. The first-order valence-electron chi connectivity index (χ1n) is 8.96. The molecule has 1 N–H and O–H groups in total. The van der Waals surface area contributed by atoms with Crippen LogP contribution in [0.5, 0.6) is 0 Å². The fourth-order valence-corrected chi connectivity index (χ4v) is 5.41. The number of carbonyl (C=O) groups is 1. The van der Waals surface area contributed by atoms with Crippen molar-refractivity contribution in [1.29, 1.82) is 0 Å². The molecule has 0 bridgehead atoms. The molecule has 0 spiro atoms. The monoisotopic (exact) mass is 456 g/mol. The molecule has 0 radical (unpaired) electrons. The summed E-state index contributed by atoms with van der Waals surface area (Å²) in [5, 5.41) is 2.81. The minimum atomic E-state index is -3.48. The number of halogens is 1. The van der Waals surface area contributed by atoms with Gasteiger partial charge in [-0.15, -0.1) is 0 Å². The van der Waals surface area contributed by atoms with Crippen molar-refractivity contribution in [3.05, 3.63) is 58.6 Å². The number of hydrogen-bond donors (Lipinski definition) is 1. The van der Waals surface area contributed by atoms with Crippen molar-refractivity contribution in [2.45, 2.75) is 29.2 Å². The van der Waals surface area contributed by atoms with Gasteiger partial charge in [-0.25, -0.2) is 16.8 Å². The van der Waals surface area contributed by atoms with Gasteiger partial charge >= 0.3 is 0 Å². The maximum Gasteiger partial charge on any atom is 0.253 e. The van der Waals surface area contributed by atoms with Gasteiger partial charge in [0.2, 0.25) is 10.0 Å². The highest BCUT2D eigenvalue weighted by atomic mass is 35.5. The third kappa shape index (κ3) is 4.98. The Bertz CT molecular complexity index is 1120. The Morgan fingerprint density at radius 2 is 1.59 bits per heavy atom. The predicted molar refractivity (Wildman–Crippen MR) is 110 cm³/mol. The minimum Gasteiger partial charge on any atom is -0.348 e. The fraction of sp³-hybridized carbons (Fsp3) is 0.316. The molecule has 10 heteroatoms. The van der Waals surface area contributed by atoms with Crippen LogP contribution in [0, 0.1) is 0 Å². The molecule has 156 valence electrons. The summed E-state index contributed by atoms with van der Waals surface area (Å²) in [6, 6.07) is 10.3. The second kappa shape index (κ2) is 8.43. The molecular formula is C19H21ClN2O5S2. The van der Waals surface area contributed by atoms with Gasteiger partial charge in [-0.05, 0) is 48.7 Å². The van der Waals surface area contributed by atoms with Gasteiger partial charge < -0.3 is 5.32 Å². The maximum atomic E-state index is 12.5. The molecular weight excluding hydrogens is 436 g/mol. The summed E-state index contributed by atoms with van der Waals surface area (Å²) in [5.41, 5.74) is 0.761. The summed E-state index contributed by atoms with van der Waals surface area (Å²) in [6.45, 7) is 1.21. The smallest absolute Gasteiger partial charge is 0.253 e. The van der Waals surface area contributed by atoms with Crippen LogP contribution in [-0.4, -0.2) is 46.4 Å². The topological polar surface area (TPSA) is 101 Å². The summed E-state index contributed by atoms with van der Waals surface area (Å²) in [7, 11) is -6.95. The highest BCUT2D eigenvalue weighted by Gasteiger charge is 2.26. The lowest BCUT2D eigenvalue weighted by molar-refractivity contribution is 0.0951. The van der Waals surface area contributed by atoms with E-state index >= 15 is 0 Å². The second-order valence-corrected chi connectivity index (χ2v) is 11.2. The van der Waals surface area contributed by atoms with Gasteiger partial charge in [-0.2, -0.15) is 4.31 Å². The molecule has 1 fully saturated rings. The van der Waals surface area contributed by atoms with Gasteiger partial charge in [0.15, 0.2) is 9.84 Å². The van der Waals surface area contributed by atoms with Crippen molar-refractivity contribution in [3.8, 4) is 0 Å². The fourth-order valence-electron chi connectivity index (χ4n) is 3.04. The summed E-state index contributed by atoms with van der Waals surface area (Å²) >= 11 is 6.03. The molecule has 0 atom stereocenters. The normalized spacial score (nSPS) is 15.4. The number of hydrogen-bond acceptors (Lipinski definition) is 5. The van der Waals surface area contributed by atoms with E-state index in [0.717, 1.165) is 19.1 Å². The van der Waals surface area contributed by atoms with E-state index < -0.39 is 25.8 Å². The van der Waals surface area contributed by atoms with Gasteiger partial charge in [0.1, 0.15) is 0 Å². The lowest BCUT2D eigenvalue weighted by Crippen LogP contribution is -2.28. The third-order valence-electron chi connectivity index (χ3n) is 4.69. The molecule has 2 aromatic rings. The van der Waals surface area contributed by atoms with Crippen molar-refractivity contribution in [2.24, 2.45) is 0 Å². The summed E-state index contributed by atoms with van der Waals surface area (Å²) in [6.07, 6.45) is 2.79. The summed E-state index contributed by atoms with van der Waals surface area (Å²) in [4.78, 5) is 12.6. The van der Waals surface area contributed by atoms with Gasteiger partial charge in [-0.3, -0.25) is 4.79 Å². The zero-order valence-corrected chi connectivity index (χ0v) is 18.1. The van der Waals surface area contributed by atoms with Crippen molar-refractivity contribution in [2.75, 3.05) is 19.3 Å². The Morgan fingerprint density at radius 1 is 1.00 bits per heavy atom. The number of sulfone groups is 1. The third-order valence-corrected chi connectivity index (χ3v) is 8.04. The standard InChI is InChI=1S/C19H21ClN2O5S2/c1-28(24,25)16-8-9-18(20)17(12-16)19(23)21-13-14-4-6-15(7-5-14)29(26,27)22-10-2-3-11-22/h4-9,12H,2-3,10-11,13H2,1H3,(H,21,23). The van der Waals surface area contributed by atoms with E-state index in [1.807, 2.05) is 0 Å². The highest BCUT2D eigenvalue weighted by Crippen LogP contribution is 2.22. The number of amides is 1. The van der Waals surface area contributed by atoms with Gasteiger partial charge in [0.25, 0.3) is 5.91 Å². The van der Waals surface area contributed by atoms with Crippen LogP contribution in [0.25, 0.3) is 0 Å². The maximum absolute atomic E-state index is 12.5. The average Bonchev–Trinajstić information content (AvgIpc) is 3.21. The van der Waals surface area contributed by atoms with Gasteiger partial charge in [0, 0.05) is 25.9 Å². The average molecular weight is 457 g/mol. The first-order chi connectivity index (χ1) is 13.6. The number of benzene rings is 2. The Labute approximate surface area is 175 Å². The van der Waals surface area contributed by atoms with Crippen molar-refractivity contribution >= 4 is 37.4 Å². The number of rotatable bonds is 6. The van der Waals surface area contributed by atoms with E-state index in [0.29, 0.717) is 18.7 Å². The lowest BCUT2D eigenvalue weighted by atomic mass is 10.2. The quantitative estimate of drug-likeness (QED) is 0.719. The van der Waals surface area contributed by atoms with Crippen molar-refractivity contribution in [1.82, 2.24) is 9.62 Å². The molecule has 1 aliphatic heterocycles. The van der Waals surface area contributed by atoms with Crippen LogP contribution in [0.3, 0.4) is 0 Å². The molecule has 0 unspecified atom stereocenters. The number of carbonyl (C=O) groups excluding carboxylic acids is 1. The molecule has 1 aliphatic rings. The first kappa shape index (κ1) is 21.8. The SMILES string of the molecule is CS(=O)(=O)c1ccc(Cl)c(C(=O)NCc2ccc(S(=O)(=O)N3CCCC3)cc2)c1. The molecule has 1 amide bonds. The van der Waals surface area contributed by atoms with Crippen LogP contribution >= 0.6 is 11.6 Å². The van der Waals surface area contributed by atoms with Crippen LogP contribution in [0.1, 0.15) is 28.8 Å². The zero-order valence-electron chi connectivity index (χ0n) is 15.8. The van der Waals surface area contributed by atoms with Gasteiger partial charge in [-0.1, -0.05) is 23.7 Å². The molecule has 7 nitrogen and oxygen atoms in total. The second-order valence-electron chi connectivity index (χ2n) is 6.85. The van der Waals surface area contributed by atoms with E-state index in [4.69, 9.17) is 11.6 Å². The van der Waals surface area contributed by atoms with Crippen LogP contribution < -0.4 is 5.32 Å². The summed E-state index contributed by atoms with van der Waals surface area (Å²) in [5.74, 6) is -0.519. The number of nitrogens with one attached hydrogen (secondary N) is 1. The molecule has 3 rings (SSSR count). The summed E-state index contributed by atoms with van der Waals surface area (Å²) < 4.78 is 49.9. The van der Waals surface area contributed by atoms with E-state index in [1.54, 1.807) is 12.1 Å². The Morgan fingerprint density at radius 3 is 2.17 bits per heavy atom. The van der Waals surface area contributed by atoms with E-state index in [9.17, 15) is 21.6 Å². The minimum absolute atomic E-state index is 0.00326.